The maximum absolute atomic E-state index is 10.8. The van der Waals surface area contributed by atoms with Crippen molar-refractivity contribution in [3.8, 4) is 0 Å². The summed E-state index contributed by atoms with van der Waals surface area (Å²) in [6.45, 7) is 3.16. The minimum atomic E-state index is -0.646. The molecule has 1 saturated carbocycles. The Bertz CT molecular complexity index is 166. The lowest BCUT2D eigenvalue weighted by Gasteiger charge is -2.19. The highest BCUT2D eigenvalue weighted by Gasteiger charge is 2.20. The van der Waals surface area contributed by atoms with Crippen molar-refractivity contribution in [3.05, 3.63) is 0 Å². The second-order valence-corrected chi connectivity index (χ2v) is 5.62. The summed E-state index contributed by atoms with van der Waals surface area (Å²) in [6, 6.07) is 0.617. The van der Waals surface area contributed by atoms with Crippen LogP contribution in [0, 0.1) is 5.92 Å². The van der Waals surface area contributed by atoms with E-state index in [4.69, 9.17) is 0 Å². The Hall–Kier alpha value is 0.110. The van der Waals surface area contributed by atoms with Crippen LogP contribution in [0.3, 0.4) is 0 Å². The van der Waals surface area contributed by atoms with E-state index in [1.54, 1.807) is 6.26 Å². The Labute approximate surface area is 83.9 Å². The van der Waals surface area contributed by atoms with E-state index in [0.717, 1.165) is 18.2 Å². The lowest BCUT2D eigenvalue weighted by atomic mass is 10.00. The molecular formula is C10H21NOS. The lowest BCUT2D eigenvalue weighted by Crippen LogP contribution is -2.34. The minimum absolute atomic E-state index is 0.617. The molecule has 1 rings (SSSR count). The lowest BCUT2D eigenvalue weighted by molar-refractivity contribution is 0.390. The molecule has 1 N–H and O–H groups in total. The predicted octanol–water partition coefficient (Wildman–Crippen LogP) is 1.53. The molecule has 0 aliphatic heterocycles. The second kappa shape index (κ2) is 5.76. The molecular weight excluding hydrogens is 182 g/mol. The molecule has 1 aliphatic carbocycles. The molecule has 0 heterocycles. The van der Waals surface area contributed by atoms with Crippen molar-refractivity contribution < 1.29 is 4.21 Å². The van der Waals surface area contributed by atoms with Crippen LogP contribution in [0.2, 0.25) is 0 Å². The SMILES string of the molecule is CC(NCCS(C)=O)C1CCCC1. The third kappa shape index (κ3) is 4.23. The molecule has 0 radical (unpaired) electrons. The van der Waals surface area contributed by atoms with Gasteiger partial charge in [0.05, 0.1) is 0 Å². The summed E-state index contributed by atoms with van der Waals surface area (Å²) in [5.74, 6) is 1.65. The van der Waals surface area contributed by atoms with E-state index in [-0.39, 0.29) is 0 Å². The van der Waals surface area contributed by atoms with Crippen LogP contribution in [0.4, 0.5) is 0 Å². The van der Waals surface area contributed by atoms with E-state index in [0.29, 0.717) is 6.04 Å². The first-order chi connectivity index (χ1) is 6.20. The fourth-order valence-corrected chi connectivity index (χ4v) is 2.46. The number of hydrogen-bond acceptors (Lipinski definition) is 2. The molecule has 78 valence electrons. The van der Waals surface area contributed by atoms with E-state index in [1.165, 1.54) is 25.7 Å². The quantitative estimate of drug-likeness (QED) is 0.734. The Kier molecular flexibility index (Phi) is 4.96. The van der Waals surface area contributed by atoms with Crippen molar-refractivity contribution >= 4 is 10.8 Å². The van der Waals surface area contributed by atoms with Gasteiger partial charge in [-0.05, 0) is 25.7 Å². The maximum atomic E-state index is 10.8. The summed E-state index contributed by atoms with van der Waals surface area (Å²) in [7, 11) is -0.646. The van der Waals surface area contributed by atoms with Crippen LogP contribution in [0.15, 0.2) is 0 Å². The normalized spacial score (nSPS) is 23.2. The van der Waals surface area contributed by atoms with E-state index in [1.807, 2.05) is 0 Å². The Morgan fingerprint density at radius 1 is 1.46 bits per heavy atom. The Balaban J connectivity index is 2.09. The molecule has 1 aliphatic rings. The minimum Gasteiger partial charge on any atom is -0.313 e. The van der Waals surface area contributed by atoms with Gasteiger partial charge < -0.3 is 5.32 Å². The number of rotatable bonds is 5. The number of hydrogen-bond donors (Lipinski definition) is 1. The van der Waals surface area contributed by atoms with Crippen molar-refractivity contribution in [1.82, 2.24) is 5.32 Å². The molecule has 13 heavy (non-hydrogen) atoms. The van der Waals surface area contributed by atoms with Gasteiger partial charge in [0.15, 0.2) is 0 Å². The highest BCUT2D eigenvalue weighted by molar-refractivity contribution is 7.84. The van der Waals surface area contributed by atoms with E-state index in [2.05, 4.69) is 12.2 Å². The molecule has 2 atom stereocenters. The summed E-state index contributed by atoms with van der Waals surface area (Å²) in [6.07, 6.45) is 7.32. The molecule has 0 amide bonds. The van der Waals surface area contributed by atoms with Crippen LogP contribution < -0.4 is 5.32 Å². The summed E-state index contributed by atoms with van der Waals surface area (Å²) < 4.78 is 10.8. The van der Waals surface area contributed by atoms with Crippen LogP contribution >= 0.6 is 0 Å². The van der Waals surface area contributed by atoms with Gasteiger partial charge in [0, 0.05) is 35.4 Å². The number of nitrogens with one attached hydrogen (secondary N) is 1. The topological polar surface area (TPSA) is 29.1 Å². The highest BCUT2D eigenvalue weighted by atomic mass is 32.2. The summed E-state index contributed by atoms with van der Waals surface area (Å²) in [5, 5.41) is 3.46. The van der Waals surface area contributed by atoms with Crippen LogP contribution in [0.25, 0.3) is 0 Å². The van der Waals surface area contributed by atoms with Gasteiger partial charge in [0.2, 0.25) is 0 Å². The molecule has 0 spiro atoms. The maximum Gasteiger partial charge on any atom is 0.0357 e. The van der Waals surface area contributed by atoms with Crippen LogP contribution in [-0.4, -0.2) is 28.8 Å². The zero-order valence-corrected chi connectivity index (χ0v) is 9.53. The summed E-state index contributed by atoms with van der Waals surface area (Å²) in [5.41, 5.74) is 0. The average Bonchev–Trinajstić information content (AvgIpc) is 2.55. The highest BCUT2D eigenvalue weighted by Crippen LogP contribution is 2.27. The van der Waals surface area contributed by atoms with Crippen molar-refractivity contribution in [2.75, 3.05) is 18.6 Å². The molecule has 2 unspecified atom stereocenters. The fourth-order valence-electron chi connectivity index (χ4n) is 2.05. The van der Waals surface area contributed by atoms with E-state index < -0.39 is 10.8 Å². The zero-order chi connectivity index (χ0) is 9.68. The zero-order valence-electron chi connectivity index (χ0n) is 8.71. The van der Waals surface area contributed by atoms with Gasteiger partial charge in [-0.1, -0.05) is 12.8 Å². The van der Waals surface area contributed by atoms with E-state index in [9.17, 15) is 4.21 Å². The van der Waals surface area contributed by atoms with Crippen molar-refractivity contribution in [2.45, 2.75) is 38.6 Å². The van der Waals surface area contributed by atoms with Crippen molar-refractivity contribution in [3.63, 3.8) is 0 Å². The van der Waals surface area contributed by atoms with Gasteiger partial charge in [-0.2, -0.15) is 0 Å². The van der Waals surface area contributed by atoms with Gasteiger partial charge in [0.25, 0.3) is 0 Å². The van der Waals surface area contributed by atoms with Crippen LogP contribution in [-0.2, 0) is 10.8 Å². The predicted molar refractivity (Wildman–Crippen MR) is 58.4 cm³/mol. The smallest absolute Gasteiger partial charge is 0.0357 e. The van der Waals surface area contributed by atoms with Crippen molar-refractivity contribution in [2.24, 2.45) is 5.92 Å². The average molecular weight is 203 g/mol. The fraction of sp³-hybridized carbons (Fsp3) is 1.00. The Morgan fingerprint density at radius 2 is 2.08 bits per heavy atom. The molecule has 3 heteroatoms. The monoisotopic (exact) mass is 203 g/mol. The first-order valence-electron chi connectivity index (χ1n) is 5.23. The van der Waals surface area contributed by atoms with Crippen LogP contribution in [0.1, 0.15) is 32.6 Å². The molecule has 0 aromatic rings. The molecule has 0 bridgehead atoms. The first kappa shape index (κ1) is 11.2. The molecule has 0 aromatic carbocycles. The largest absolute Gasteiger partial charge is 0.313 e. The summed E-state index contributed by atoms with van der Waals surface area (Å²) >= 11 is 0. The van der Waals surface area contributed by atoms with Crippen molar-refractivity contribution in [1.29, 1.82) is 0 Å². The second-order valence-electron chi connectivity index (χ2n) is 4.06. The van der Waals surface area contributed by atoms with Gasteiger partial charge in [-0.3, -0.25) is 4.21 Å². The molecule has 0 saturated heterocycles. The van der Waals surface area contributed by atoms with Gasteiger partial charge in [-0.25, -0.2) is 0 Å². The van der Waals surface area contributed by atoms with Gasteiger partial charge in [0.1, 0.15) is 0 Å². The van der Waals surface area contributed by atoms with Crippen LogP contribution in [0.5, 0.6) is 0 Å². The first-order valence-corrected chi connectivity index (χ1v) is 6.96. The van der Waals surface area contributed by atoms with E-state index >= 15 is 0 Å². The van der Waals surface area contributed by atoms with Gasteiger partial charge in [-0.15, -0.1) is 0 Å². The standard InChI is InChI=1S/C10H21NOS/c1-9(10-5-3-4-6-10)11-7-8-13(2)12/h9-11H,3-8H2,1-2H3. The third-order valence-electron chi connectivity index (χ3n) is 2.96. The molecule has 1 fully saturated rings. The molecule has 2 nitrogen and oxygen atoms in total. The Morgan fingerprint density at radius 3 is 2.62 bits per heavy atom. The van der Waals surface area contributed by atoms with Gasteiger partial charge >= 0.3 is 0 Å². The summed E-state index contributed by atoms with van der Waals surface area (Å²) in [4.78, 5) is 0. The third-order valence-corrected chi connectivity index (χ3v) is 3.74. The molecule has 0 aromatic heterocycles.